The Hall–Kier alpha value is -1.97. The van der Waals surface area contributed by atoms with Crippen LogP contribution in [0.1, 0.15) is 33.3 Å². The number of cyclic esters (lactones) is 1. The Morgan fingerprint density at radius 3 is 2.47 bits per heavy atom. The molecule has 0 aromatic heterocycles. The first-order chi connectivity index (χ1) is 14.2. The summed E-state index contributed by atoms with van der Waals surface area (Å²) in [7, 11) is 0. The van der Waals surface area contributed by atoms with Gasteiger partial charge < -0.3 is 33.2 Å². The Labute approximate surface area is 176 Å². The summed E-state index contributed by atoms with van der Waals surface area (Å²) in [6, 6.07) is 9.88. The van der Waals surface area contributed by atoms with Gasteiger partial charge in [0, 0.05) is 13.8 Å². The topological polar surface area (TPSA) is 81.7 Å². The third kappa shape index (κ3) is 4.24. The molecule has 0 aliphatic carbocycles. The van der Waals surface area contributed by atoms with Crippen LogP contribution in [0, 0.1) is 0 Å². The fraction of sp³-hybridized carbons (Fsp3) is 0.591. The van der Waals surface area contributed by atoms with Gasteiger partial charge in [0.05, 0.1) is 33.0 Å². The zero-order chi connectivity index (χ0) is 21.4. The van der Waals surface area contributed by atoms with E-state index in [0.29, 0.717) is 31.3 Å². The second-order valence-electron chi connectivity index (χ2n) is 8.42. The third-order valence-electron chi connectivity index (χ3n) is 4.98. The second kappa shape index (κ2) is 7.94. The minimum atomic E-state index is -1.45. The van der Waals surface area contributed by atoms with Crippen molar-refractivity contribution in [2.75, 3.05) is 26.4 Å². The van der Waals surface area contributed by atoms with E-state index in [2.05, 4.69) is 0 Å². The summed E-state index contributed by atoms with van der Waals surface area (Å²) < 4.78 is 40.2. The number of carbonyl (C=O) groups is 1. The van der Waals surface area contributed by atoms with Crippen LogP contribution in [0.2, 0.25) is 0 Å². The predicted molar refractivity (Wildman–Crippen MR) is 104 cm³/mol. The van der Waals surface area contributed by atoms with Gasteiger partial charge in [-0.1, -0.05) is 30.3 Å². The lowest BCUT2D eigenvalue weighted by atomic mass is 10.0. The van der Waals surface area contributed by atoms with Crippen molar-refractivity contribution in [3.63, 3.8) is 0 Å². The number of hydrogen-bond donors (Lipinski definition) is 0. The molecule has 164 valence electrons. The highest BCUT2D eigenvalue weighted by molar-refractivity contribution is 5.88. The second-order valence-corrected chi connectivity index (χ2v) is 8.42. The number of carbonyl (C=O) groups excluding carboxylic acids is 1. The predicted octanol–water partition coefficient (Wildman–Crippen LogP) is 2.66. The highest BCUT2D eigenvalue weighted by Crippen LogP contribution is 2.48. The molecule has 0 bridgehead atoms. The summed E-state index contributed by atoms with van der Waals surface area (Å²) in [5, 5.41) is 0. The Morgan fingerprint density at radius 1 is 1.03 bits per heavy atom. The van der Waals surface area contributed by atoms with E-state index in [1.807, 2.05) is 30.3 Å². The summed E-state index contributed by atoms with van der Waals surface area (Å²) in [6.07, 6.45) is -0.549. The van der Waals surface area contributed by atoms with Gasteiger partial charge in [0.1, 0.15) is 6.10 Å². The van der Waals surface area contributed by atoms with Crippen molar-refractivity contribution in [2.24, 2.45) is 0 Å². The van der Waals surface area contributed by atoms with Gasteiger partial charge in [-0.05, 0) is 19.4 Å². The number of hydrogen-bond acceptors (Lipinski definition) is 8. The minimum absolute atomic E-state index is 0.0419. The molecule has 1 aromatic carbocycles. The number of fused-ring (bicyclic) bond motifs is 1. The molecule has 1 aromatic rings. The molecule has 3 aliphatic rings. The van der Waals surface area contributed by atoms with Crippen molar-refractivity contribution >= 4 is 5.97 Å². The molecule has 0 amide bonds. The van der Waals surface area contributed by atoms with Crippen molar-refractivity contribution in [1.82, 2.24) is 0 Å². The molecular weight excluding hydrogens is 392 g/mol. The fourth-order valence-electron chi connectivity index (χ4n) is 3.71. The quantitative estimate of drug-likeness (QED) is 0.469. The van der Waals surface area contributed by atoms with Crippen molar-refractivity contribution in [1.29, 1.82) is 0 Å². The van der Waals surface area contributed by atoms with E-state index in [9.17, 15) is 4.79 Å². The van der Waals surface area contributed by atoms with Crippen LogP contribution < -0.4 is 0 Å². The zero-order valence-corrected chi connectivity index (χ0v) is 17.8. The minimum Gasteiger partial charge on any atom is -0.460 e. The standard InChI is InChI=1S/C22H28O8/c1-20(2)26-13-16(28-20)17-18-22(19(23)27-17,30-21(3,4)29-18)14-25-11-10-24-12-15-8-6-5-7-9-15/h5-9,16H,10-14H2,1-4H3/t16?,22-/m0/s1. The van der Waals surface area contributed by atoms with Gasteiger partial charge in [0.25, 0.3) is 5.60 Å². The average Bonchev–Trinajstić information content (AvgIpc) is 3.27. The van der Waals surface area contributed by atoms with Crippen molar-refractivity contribution in [2.45, 2.75) is 57.6 Å². The molecule has 1 unspecified atom stereocenters. The van der Waals surface area contributed by atoms with Crippen LogP contribution >= 0.6 is 0 Å². The molecule has 0 radical (unpaired) electrons. The maximum atomic E-state index is 12.8. The number of benzene rings is 1. The van der Waals surface area contributed by atoms with E-state index in [4.69, 9.17) is 33.2 Å². The molecule has 4 rings (SSSR count). The number of ether oxygens (including phenoxy) is 7. The van der Waals surface area contributed by atoms with E-state index < -0.39 is 29.2 Å². The van der Waals surface area contributed by atoms with Crippen LogP contribution in [-0.2, 0) is 44.6 Å². The summed E-state index contributed by atoms with van der Waals surface area (Å²) in [5.41, 5.74) is -0.365. The largest absolute Gasteiger partial charge is 0.460 e. The van der Waals surface area contributed by atoms with Gasteiger partial charge in [-0.3, -0.25) is 0 Å². The van der Waals surface area contributed by atoms with Crippen LogP contribution in [0.25, 0.3) is 0 Å². The van der Waals surface area contributed by atoms with E-state index in [0.717, 1.165) is 5.56 Å². The fourth-order valence-corrected chi connectivity index (χ4v) is 3.71. The lowest BCUT2D eigenvalue weighted by Crippen LogP contribution is -2.44. The maximum Gasteiger partial charge on any atom is 0.354 e. The van der Waals surface area contributed by atoms with Gasteiger partial charge >= 0.3 is 5.97 Å². The van der Waals surface area contributed by atoms with Gasteiger partial charge in [0.2, 0.25) is 5.79 Å². The molecule has 8 heteroatoms. The zero-order valence-electron chi connectivity index (χ0n) is 17.8. The molecule has 3 aliphatic heterocycles. The van der Waals surface area contributed by atoms with E-state index in [-0.39, 0.29) is 13.2 Å². The van der Waals surface area contributed by atoms with Crippen LogP contribution in [0.15, 0.2) is 41.9 Å². The summed E-state index contributed by atoms with van der Waals surface area (Å²) in [6.45, 7) is 8.47. The first kappa shape index (κ1) is 21.3. The van der Waals surface area contributed by atoms with Crippen LogP contribution in [0.5, 0.6) is 0 Å². The molecule has 3 heterocycles. The Bertz CT molecular complexity index is 816. The Balaban J connectivity index is 1.38. The molecule has 0 spiro atoms. The highest BCUT2D eigenvalue weighted by Gasteiger charge is 2.64. The van der Waals surface area contributed by atoms with E-state index in [1.54, 1.807) is 27.7 Å². The SMILES string of the molecule is CC1(C)OCC(C2=C3OC(C)(C)O[C@]3(COCCOCc3ccccc3)C(=O)O2)O1. The van der Waals surface area contributed by atoms with Crippen molar-refractivity contribution in [3.05, 3.63) is 47.4 Å². The van der Waals surface area contributed by atoms with Gasteiger partial charge in [-0.2, -0.15) is 0 Å². The summed E-state index contributed by atoms with van der Waals surface area (Å²) in [5.74, 6) is -1.75. The highest BCUT2D eigenvalue weighted by atomic mass is 16.8. The van der Waals surface area contributed by atoms with Gasteiger partial charge in [0.15, 0.2) is 17.3 Å². The first-order valence-corrected chi connectivity index (χ1v) is 10.1. The van der Waals surface area contributed by atoms with Crippen LogP contribution in [0.4, 0.5) is 0 Å². The molecule has 0 saturated carbocycles. The molecular formula is C22H28O8. The van der Waals surface area contributed by atoms with E-state index in [1.165, 1.54) is 0 Å². The molecule has 8 nitrogen and oxygen atoms in total. The molecule has 30 heavy (non-hydrogen) atoms. The lowest BCUT2D eigenvalue weighted by molar-refractivity contribution is -0.198. The Kier molecular flexibility index (Phi) is 5.63. The first-order valence-electron chi connectivity index (χ1n) is 10.1. The van der Waals surface area contributed by atoms with E-state index >= 15 is 0 Å². The summed E-state index contributed by atoms with van der Waals surface area (Å²) in [4.78, 5) is 12.8. The number of esters is 1. The van der Waals surface area contributed by atoms with Gasteiger partial charge in [-0.25, -0.2) is 4.79 Å². The van der Waals surface area contributed by atoms with Crippen molar-refractivity contribution < 1.29 is 38.0 Å². The normalized spacial score (nSPS) is 29.1. The van der Waals surface area contributed by atoms with Gasteiger partial charge in [-0.15, -0.1) is 0 Å². The molecule has 0 N–H and O–H groups in total. The molecule has 2 fully saturated rings. The maximum absolute atomic E-state index is 12.8. The number of rotatable bonds is 8. The third-order valence-corrected chi connectivity index (χ3v) is 4.98. The smallest absolute Gasteiger partial charge is 0.354 e. The lowest BCUT2D eigenvalue weighted by Gasteiger charge is -2.23. The summed E-state index contributed by atoms with van der Waals surface area (Å²) >= 11 is 0. The molecule has 2 atom stereocenters. The molecule has 2 saturated heterocycles. The van der Waals surface area contributed by atoms with Crippen LogP contribution in [0.3, 0.4) is 0 Å². The van der Waals surface area contributed by atoms with Crippen LogP contribution in [-0.4, -0.2) is 55.7 Å². The average molecular weight is 420 g/mol. The Morgan fingerprint density at radius 2 is 1.77 bits per heavy atom. The van der Waals surface area contributed by atoms with Crippen molar-refractivity contribution in [3.8, 4) is 0 Å². The monoisotopic (exact) mass is 420 g/mol.